The molecule has 0 amide bonds. The van der Waals surface area contributed by atoms with Crippen LogP contribution in [-0.2, 0) is 0 Å². The van der Waals surface area contributed by atoms with Crippen LogP contribution in [0.1, 0.15) is 22.7 Å². The molecule has 0 bridgehead atoms. The van der Waals surface area contributed by atoms with Crippen molar-refractivity contribution in [3.8, 4) is 23.4 Å². The first-order valence-electron chi connectivity index (χ1n) is 9.48. The molecule has 1 aromatic heterocycles. The van der Waals surface area contributed by atoms with E-state index in [9.17, 15) is 15.3 Å². The van der Waals surface area contributed by atoms with Gasteiger partial charge in [0.1, 0.15) is 29.3 Å². The summed E-state index contributed by atoms with van der Waals surface area (Å²) in [4.78, 5) is 8.80. The number of hydrogen-bond donors (Lipinski definition) is 6. The number of nitrogens with zero attached hydrogens (tertiary/aromatic N) is 4. The van der Waals surface area contributed by atoms with Gasteiger partial charge in [-0.1, -0.05) is 42.5 Å². The molecule has 0 saturated carbocycles. The summed E-state index contributed by atoms with van der Waals surface area (Å²) in [6.07, 6.45) is 1.82. The van der Waals surface area contributed by atoms with Gasteiger partial charge >= 0.3 is 7.12 Å². The summed E-state index contributed by atoms with van der Waals surface area (Å²) in [6, 6.07) is 15.6. The fourth-order valence-corrected chi connectivity index (χ4v) is 3.56. The molecule has 32 heavy (non-hydrogen) atoms. The molecule has 2 heterocycles. The summed E-state index contributed by atoms with van der Waals surface area (Å²) < 4.78 is 0. The Bertz CT molecular complexity index is 1310. The Hall–Kier alpha value is -4.58. The second-order valence-electron chi connectivity index (χ2n) is 7.02. The first kappa shape index (κ1) is 20.7. The van der Waals surface area contributed by atoms with Crippen molar-refractivity contribution in [3.63, 3.8) is 0 Å². The molecule has 156 valence electrons. The number of nitrogens with two attached hydrogens (primary N) is 2. The van der Waals surface area contributed by atoms with Crippen LogP contribution in [0.3, 0.4) is 0 Å². The first-order chi connectivity index (χ1) is 15.4. The number of aliphatic imine (C=N–C) groups is 1. The van der Waals surface area contributed by atoms with Crippen LogP contribution < -0.4 is 27.6 Å². The van der Waals surface area contributed by atoms with Crippen molar-refractivity contribution in [3.05, 3.63) is 65.2 Å². The minimum atomic E-state index is -1.54. The number of aromatic nitrogens is 1. The molecule has 3 aromatic rings. The molecule has 11 heteroatoms. The SMILES string of the molecule is N#CNC1=NC(c2cccc(-c3ccc(B(O)O)cc3)c2)c2c(nc(N)c(C#N)c2N)N1. The highest BCUT2D eigenvalue weighted by molar-refractivity contribution is 6.58. The maximum Gasteiger partial charge on any atom is 0.488 e. The lowest BCUT2D eigenvalue weighted by Crippen LogP contribution is -2.32. The number of pyridine rings is 1. The number of nitrogens with one attached hydrogen (secondary N) is 2. The predicted octanol–water partition coefficient (Wildman–Crippen LogP) is 0.406. The second-order valence-corrected chi connectivity index (χ2v) is 7.02. The van der Waals surface area contributed by atoms with Gasteiger partial charge in [0.2, 0.25) is 5.96 Å². The zero-order valence-electron chi connectivity index (χ0n) is 16.6. The molecule has 2 aromatic carbocycles. The Morgan fingerprint density at radius 1 is 1.06 bits per heavy atom. The number of nitriles is 2. The average Bonchev–Trinajstić information content (AvgIpc) is 2.79. The third-order valence-corrected chi connectivity index (χ3v) is 5.10. The van der Waals surface area contributed by atoms with Gasteiger partial charge in [-0.2, -0.15) is 10.5 Å². The number of benzene rings is 2. The van der Waals surface area contributed by atoms with Gasteiger partial charge in [-0.05, 0) is 28.2 Å². The Labute approximate surface area is 183 Å². The van der Waals surface area contributed by atoms with E-state index in [4.69, 9.17) is 16.7 Å². The molecule has 0 aliphatic carbocycles. The van der Waals surface area contributed by atoms with Crippen LogP contribution in [0.25, 0.3) is 11.1 Å². The van der Waals surface area contributed by atoms with Crippen LogP contribution in [0.4, 0.5) is 17.3 Å². The van der Waals surface area contributed by atoms with E-state index in [0.717, 1.165) is 16.7 Å². The van der Waals surface area contributed by atoms with Crippen molar-refractivity contribution >= 4 is 35.9 Å². The van der Waals surface area contributed by atoms with Crippen molar-refractivity contribution in [2.24, 2.45) is 4.99 Å². The van der Waals surface area contributed by atoms with Gasteiger partial charge in [0.05, 0.1) is 5.69 Å². The zero-order valence-corrected chi connectivity index (χ0v) is 16.6. The van der Waals surface area contributed by atoms with Gasteiger partial charge in [0.25, 0.3) is 0 Å². The smallest absolute Gasteiger partial charge is 0.423 e. The Morgan fingerprint density at radius 2 is 1.81 bits per heavy atom. The Morgan fingerprint density at radius 3 is 2.47 bits per heavy atom. The fourth-order valence-electron chi connectivity index (χ4n) is 3.56. The van der Waals surface area contributed by atoms with Crippen LogP contribution in [0.5, 0.6) is 0 Å². The monoisotopic (exact) mass is 424 g/mol. The molecule has 10 nitrogen and oxygen atoms in total. The standard InChI is InChI=1S/C21H17BN8O2/c23-9-15-17(25)16-18(28-21(27-10-24)30-20(16)29-19(15)26)13-3-1-2-12(8-13)11-4-6-14(7-5-11)22(31)32/h1-8,18,31-32H,(H6,25,26,27,28,29,30). The van der Waals surface area contributed by atoms with Gasteiger partial charge in [0.15, 0.2) is 6.19 Å². The molecule has 0 saturated heterocycles. The lowest BCUT2D eigenvalue weighted by Gasteiger charge is -2.26. The number of rotatable bonds is 3. The number of guanidine groups is 1. The van der Waals surface area contributed by atoms with Gasteiger partial charge in [-0.15, -0.1) is 0 Å². The molecular weight excluding hydrogens is 407 g/mol. The van der Waals surface area contributed by atoms with Crippen LogP contribution in [0.15, 0.2) is 53.5 Å². The Balaban J connectivity index is 1.83. The molecular formula is C21H17BN8O2. The van der Waals surface area contributed by atoms with E-state index < -0.39 is 13.2 Å². The van der Waals surface area contributed by atoms with Crippen molar-refractivity contribution in [1.82, 2.24) is 10.3 Å². The molecule has 1 atom stereocenters. The van der Waals surface area contributed by atoms with E-state index in [1.165, 1.54) is 0 Å². The van der Waals surface area contributed by atoms with Crippen molar-refractivity contribution < 1.29 is 10.0 Å². The summed E-state index contributed by atoms with van der Waals surface area (Å²) in [5.41, 5.74) is 15.7. The van der Waals surface area contributed by atoms with E-state index in [1.807, 2.05) is 36.5 Å². The lowest BCUT2D eigenvalue weighted by atomic mass is 9.80. The summed E-state index contributed by atoms with van der Waals surface area (Å²) >= 11 is 0. The van der Waals surface area contributed by atoms with Crippen LogP contribution >= 0.6 is 0 Å². The normalized spacial score (nSPS) is 14.2. The van der Waals surface area contributed by atoms with E-state index in [2.05, 4.69) is 20.6 Å². The first-order valence-corrected chi connectivity index (χ1v) is 9.48. The van der Waals surface area contributed by atoms with Crippen LogP contribution in [0.2, 0.25) is 0 Å². The fraction of sp³-hybridized carbons (Fsp3) is 0.0476. The third-order valence-electron chi connectivity index (χ3n) is 5.10. The minimum Gasteiger partial charge on any atom is -0.423 e. The summed E-state index contributed by atoms with van der Waals surface area (Å²) in [5, 5.41) is 42.4. The summed E-state index contributed by atoms with van der Waals surface area (Å²) in [7, 11) is -1.54. The lowest BCUT2D eigenvalue weighted by molar-refractivity contribution is 0.426. The second kappa shape index (κ2) is 8.28. The van der Waals surface area contributed by atoms with Crippen LogP contribution in [0, 0.1) is 22.8 Å². The van der Waals surface area contributed by atoms with Crippen LogP contribution in [-0.4, -0.2) is 28.1 Å². The number of hydrogen-bond acceptors (Lipinski definition) is 10. The van der Waals surface area contributed by atoms with E-state index >= 15 is 0 Å². The highest BCUT2D eigenvalue weighted by Crippen LogP contribution is 2.41. The van der Waals surface area contributed by atoms with Crippen molar-refractivity contribution in [2.75, 3.05) is 16.8 Å². The van der Waals surface area contributed by atoms with E-state index in [0.29, 0.717) is 16.8 Å². The number of nitrogen functional groups attached to an aromatic ring is 2. The van der Waals surface area contributed by atoms with Gasteiger partial charge in [-0.25, -0.2) is 9.98 Å². The van der Waals surface area contributed by atoms with Gasteiger partial charge < -0.3 is 26.8 Å². The molecule has 1 unspecified atom stereocenters. The Kier molecular flexibility index (Phi) is 5.35. The quantitative estimate of drug-likeness (QED) is 0.196. The number of anilines is 3. The molecule has 0 radical (unpaired) electrons. The number of fused-ring (bicyclic) bond motifs is 1. The van der Waals surface area contributed by atoms with Crippen molar-refractivity contribution in [1.29, 1.82) is 10.5 Å². The maximum absolute atomic E-state index is 9.45. The maximum atomic E-state index is 9.45. The van der Waals surface area contributed by atoms with E-state index in [1.54, 1.807) is 24.3 Å². The third kappa shape index (κ3) is 3.65. The largest absolute Gasteiger partial charge is 0.488 e. The van der Waals surface area contributed by atoms with E-state index in [-0.39, 0.29) is 23.0 Å². The zero-order chi connectivity index (χ0) is 22.8. The summed E-state index contributed by atoms with van der Waals surface area (Å²) in [5.74, 6) is 0.462. The molecule has 4 rings (SSSR count). The molecule has 8 N–H and O–H groups in total. The van der Waals surface area contributed by atoms with Gasteiger partial charge in [-0.3, -0.25) is 5.32 Å². The predicted molar refractivity (Wildman–Crippen MR) is 121 cm³/mol. The minimum absolute atomic E-state index is 0.0203. The molecule has 1 aliphatic rings. The molecule has 0 fully saturated rings. The highest BCUT2D eigenvalue weighted by atomic mass is 16.4. The van der Waals surface area contributed by atoms with Crippen molar-refractivity contribution in [2.45, 2.75) is 6.04 Å². The topological polar surface area (TPSA) is 189 Å². The highest BCUT2D eigenvalue weighted by Gasteiger charge is 2.29. The summed E-state index contributed by atoms with van der Waals surface area (Å²) in [6.45, 7) is 0. The molecule has 0 spiro atoms. The van der Waals surface area contributed by atoms with Gasteiger partial charge in [0, 0.05) is 5.56 Å². The average molecular weight is 424 g/mol. The molecule has 1 aliphatic heterocycles.